The Kier molecular flexibility index (Phi) is 4.38. The normalized spacial score (nSPS) is 10.9. The average molecular weight is 360 g/mol. The number of fused-ring (bicyclic) bond motifs is 1. The molecule has 1 amide bonds. The van der Waals surface area contributed by atoms with Gasteiger partial charge >= 0.3 is 0 Å². The van der Waals surface area contributed by atoms with Gasteiger partial charge in [0.1, 0.15) is 11.4 Å². The Morgan fingerprint density at radius 2 is 2.07 bits per heavy atom. The summed E-state index contributed by atoms with van der Waals surface area (Å²) in [6.45, 7) is 0.442. The molecule has 0 spiro atoms. The number of aromatic amines is 1. The molecule has 0 aliphatic carbocycles. The van der Waals surface area contributed by atoms with E-state index in [4.69, 9.17) is 4.74 Å². The van der Waals surface area contributed by atoms with E-state index in [9.17, 15) is 4.79 Å². The number of hydrogen-bond acceptors (Lipinski definition) is 3. The monoisotopic (exact) mass is 360 g/mol. The van der Waals surface area contributed by atoms with Gasteiger partial charge in [-0.15, -0.1) is 0 Å². The number of hydrogen-bond donors (Lipinski definition) is 2. The molecule has 0 fully saturated rings. The standard InChI is InChI=1S/C21H20N4O2/c1-25-19-9-15(17-12-23-24-13-17)6-7-16(19)10-20(25)21(26)22-11-14-4-3-5-18(8-14)27-2/h3-10,12-13H,11H2,1-2H3,(H,22,26)(H,23,24). The second-order valence-corrected chi connectivity index (χ2v) is 6.38. The Morgan fingerprint density at radius 1 is 1.19 bits per heavy atom. The minimum Gasteiger partial charge on any atom is -0.497 e. The number of nitrogens with zero attached hydrogens (tertiary/aromatic N) is 2. The molecule has 6 heteroatoms. The number of H-pyrrole nitrogens is 1. The zero-order valence-corrected chi connectivity index (χ0v) is 15.2. The molecule has 2 N–H and O–H groups in total. The van der Waals surface area contributed by atoms with Crippen LogP contribution in [0.5, 0.6) is 5.75 Å². The van der Waals surface area contributed by atoms with Crippen molar-refractivity contribution in [1.82, 2.24) is 20.1 Å². The van der Waals surface area contributed by atoms with E-state index in [0.717, 1.165) is 33.3 Å². The zero-order valence-electron chi connectivity index (χ0n) is 15.2. The highest BCUT2D eigenvalue weighted by Crippen LogP contribution is 2.26. The van der Waals surface area contributed by atoms with Crippen molar-refractivity contribution in [3.05, 3.63) is 72.2 Å². The van der Waals surface area contributed by atoms with Gasteiger partial charge in [-0.1, -0.05) is 24.3 Å². The summed E-state index contributed by atoms with van der Waals surface area (Å²) in [6, 6.07) is 15.7. The maximum atomic E-state index is 12.7. The molecule has 2 aromatic carbocycles. The molecule has 4 aromatic rings. The number of rotatable bonds is 5. The van der Waals surface area contributed by atoms with Crippen molar-refractivity contribution in [2.45, 2.75) is 6.54 Å². The van der Waals surface area contributed by atoms with Gasteiger partial charge in [-0.25, -0.2) is 0 Å². The summed E-state index contributed by atoms with van der Waals surface area (Å²) in [5.74, 6) is 0.666. The van der Waals surface area contributed by atoms with Crippen LogP contribution in [-0.4, -0.2) is 27.8 Å². The van der Waals surface area contributed by atoms with Gasteiger partial charge in [0, 0.05) is 36.3 Å². The Bertz CT molecular complexity index is 1100. The molecule has 0 atom stereocenters. The van der Waals surface area contributed by atoms with E-state index in [0.29, 0.717) is 12.2 Å². The van der Waals surface area contributed by atoms with Crippen LogP contribution in [-0.2, 0) is 13.6 Å². The lowest BCUT2D eigenvalue weighted by atomic mass is 10.1. The average Bonchev–Trinajstić information content (AvgIpc) is 3.35. The van der Waals surface area contributed by atoms with Gasteiger partial charge in [0.15, 0.2) is 0 Å². The molecule has 0 saturated heterocycles. The van der Waals surface area contributed by atoms with Crippen LogP contribution in [0, 0.1) is 0 Å². The molecule has 136 valence electrons. The summed E-state index contributed by atoms with van der Waals surface area (Å²) < 4.78 is 7.14. The summed E-state index contributed by atoms with van der Waals surface area (Å²) in [5.41, 5.74) is 4.68. The molecule has 2 aromatic heterocycles. The number of nitrogens with one attached hydrogen (secondary N) is 2. The number of benzene rings is 2. The van der Waals surface area contributed by atoms with Crippen LogP contribution >= 0.6 is 0 Å². The molecule has 4 rings (SSSR count). The molecule has 0 bridgehead atoms. The molecular formula is C21H20N4O2. The number of carbonyl (C=O) groups excluding carboxylic acids is 1. The van der Waals surface area contributed by atoms with Crippen LogP contribution in [0.2, 0.25) is 0 Å². The van der Waals surface area contributed by atoms with Crippen molar-refractivity contribution < 1.29 is 9.53 Å². The summed E-state index contributed by atoms with van der Waals surface area (Å²) in [5, 5.41) is 10.8. The van der Waals surface area contributed by atoms with Crippen molar-refractivity contribution >= 4 is 16.8 Å². The van der Waals surface area contributed by atoms with E-state index in [2.05, 4.69) is 21.6 Å². The van der Waals surface area contributed by atoms with Crippen LogP contribution in [0.3, 0.4) is 0 Å². The number of amides is 1. The van der Waals surface area contributed by atoms with Crippen LogP contribution < -0.4 is 10.1 Å². The minimum absolute atomic E-state index is 0.110. The van der Waals surface area contributed by atoms with E-state index >= 15 is 0 Å². The Hall–Kier alpha value is -3.54. The zero-order chi connectivity index (χ0) is 18.8. The van der Waals surface area contributed by atoms with E-state index in [1.165, 1.54) is 0 Å². The molecule has 0 aliphatic heterocycles. The first kappa shape index (κ1) is 16.9. The fourth-order valence-electron chi connectivity index (χ4n) is 3.19. The smallest absolute Gasteiger partial charge is 0.268 e. The first-order valence-corrected chi connectivity index (χ1v) is 8.65. The largest absolute Gasteiger partial charge is 0.497 e. The van der Waals surface area contributed by atoms with Gasteiger partial charge in [0.2, 0.25) is 0 Å². The van der Waals surface area contributed by atoms with Crippen LogP contribution in [0.15, 0.2) is 60.9 Å². The lowest BCUT2D eigenvalue weighted by Gasteiger charge is -2.08. The molecule has 27 heavy (non-hydrogen) atoms. The highest BCUT2D eigenvalue weighted by Gasteiger charge is 2.14. The molecule has 2 heterocycles. The Labute approximate surface area is 156 Å². The predicted molar refractivity (Wildman–Crippen MR) is 105 cm³/mol. The van der Waals surface area contributed by atoms with Gasteiger partial charge in [-0.3, -0.25) is 9.89 Å². The van der Waals surface area contributed by atoms with E-state index < -0.39 is 0 Å². The molecule has 0 saturated carbocycles. The topological polar surface area (TPSA) is 71.9 Å². The van der Waals surface area contributed by atoms with Gasteiger partial charge in [0.05, 0.1) is 13.3 Å². The van der Waals surface area contributed by atoms with Crippen LogP contribution in [0.25, 0.3) is 22.0 Å². The predicted octanol–water partition coefficient (Wildman–Crippen LogP) is 3.51. The quantitative estimate of drug-likeness (QED) is 0.572. The highest BCUT2D eigenvalue weighted by atomic mass is 16.5. The second-order valence-electron chi connectivity index (χ2n) is 6.38. The third-order valence-corrected chi connectivity index (χ3v) is 4.70. The van der Waals surface area contributed by atoms with Crippen LogP contribution in [0.1, 0.15) is 16.1 Å². The minimum atomic E-state index is -0.110. The van der Waals surface area contributed by atoms with Crippen molar-refractivity contribution in [2.24, 2.45) is 7.05 Å². The Morgan fingerprint density at radius 3 is 2.85 bits per heavy atom. The lowest BCUT2D eigenvalue weighted by Crippen LogP contribution is -2.24. The molecule has 0 aliphatic rings. The van der Waals surface area contributed by atoms with Crippen molar-refractivity contribution in [2.75, 3.05) is 7.11 Å². The number of ether oxygens (including phenoxy) is 1. The fourth-order valence-corrected chi connectivity index (χ4v) is 3.19. The molecule has 6 nitrogen and oxygen atoms in total. The van der Waals surface area contributed by atoms with Crippen molar-refractivity contribution in [1.29, 1.82) is 0 Å². The first-order valence-electron chi connectivity index (χ1n) is 8.65. The number of aryl methyl sites for hydroxylation is 1. The second kappa shape index (κ2) is 6.99. The summed E-state index contributed by atoms with van der Waals surface area (Å²) in [7, 11) is 3.53. The van der Waals surface area contributed by atoms with Crippen LogP contribution in [0.4, 0.5) is 0 Å². The third kappa shape index (κ3) is 3.29. The lowest BCUT2D eigenvalue weighted by molar-refractivity contribution is 0.0943. The maximum absolute atomic E-state index is 12.7. The van der Waals surface area contributed by atoms with Gasteiger partial charge in [-0.2, -0.15) is 5.10 Å². The maximum Gasteiger partial charge on any atom is 0.268 e. The molecule has 0 unspecified atom stereocenters. The van der Waals surface area contributed by atoms with Gasteiger partial charge in [0.25, 0.3) is 5.91 Å². The summed E-state index contributed by atoms with van der Waals surface area (Å²) >= 11 is 0. The van der Waals surface area contributed by atoms with Gasteiger partial charge in [-0.05, 0) is 35.4 Å². The van der Waals surface area contributed by atoms with Gasteiger partial charge < -0.3 is 14.6 Å². The van der Waals surface area contributed by atoms with E-state index in [1.54, 1.807) is 13.3 Å². The van der Waals surface area contributed by atoms with E-state index in [1.807, 2.05) is 60.3 Å². The third-order valence-electron chi connectivity index (χ3n) is 4.70. The first-order chi connectivity index (χ1) is 13.2. The van der Waals surface area contributed by atoms with E-state index in [-0.39, 0.29) is 5.91 Å². The number of methoxy groups -OCH3 is 1. The molecule has 0 radical (unpaired) electrons. The number of carbonyl (C=O) groups is 1. The number of aromatic nitrogens is 3. The summed E-state index contributed by atoms with van der Waals surface area (Å²) in [4.78, 5) is 12.7. The fraction of sp³-hybridized carbons (Fsp3) is 0.143. The van der Waals surface area contributed by atoms with Crippen molar-refractivity contribution in [3.8, 4) is 16.9 Å². The Balaban J connectivity index is 1.57. The highest BCUT2D eigenvalue weighted by molar-refractivity contribution is 5.99. The SMILES string of the molecule is COc1cccc(CNC(=O)c2cc3ccc(-c4cn[nH]c4)cc3n2C)c1. The molecular weight excluding hydrogens is 340 g/mol. The van der Waals surface area contributed by atoms with Crippen molar-refractivity contribution in [3.63, 3.8) is 0 Å². The summed E-state index contributed by atoms with van der Waals surface area (Å²) in [6.07, 6.45) is 3.64.